The largest absolute Gasteiger partial charge is 0.388 e. The van der Waals surface area contributed by atoms with Gasteiger partial charge in [-0.05, 0) is 40.5 Å². The number of amides is 2. The Kier molecular flexibility index (Phi) is 3.84. The van der Waals surface area contributed by atoms with Crippen molar-refractivity contribution in [1.82, 2.24) is 10.6 Å². The van der Waals surface area contributed by atoms with Crippen LogP contribution in [0, 0.1) is 0 Å². The quantitative estimate of drug-likeness (QED) is 0.689. The van der Waals surface area contributed by atoms with Gasteiger partial charge in [0.2, 0.25) is 0 Å². The lowest BCUT2D eigenvalue weighted by Gasteiger charge is -2.38. The van der Waals surface area contributed by atoms with Gasteiger partial charge in [0.1, 0.15) is 0 Å². The third-order valence-electron chi connectivity index (χ3n) is 3.65. The molecule has 0 radical (unpaired) electrons. The SMILES string of the molecule is CC(C)(O)C(C)(C)NC(=O)NC1CCCC1. The molecule has 0 spiro atoms. The molecule has 16 heavy (non-hydrogen) atoms. The maximum atomic E-state index is 11.7. The maximum Gasteiger partial charge on any atom is 0.315 e. The second-order valence-electron chi connectivity index (χ2n) is 5.76. The van der Waals surface area contributed by atoms with Crippen LogP contribution >= 0.6 is 0 Å². The van der Waals surface area contributed by atoms with E-state index >= 15 is 0 Å². The van der Waals surface area contributed by atoms with Crippen molar-refractivity contribution in [2.24, 2.45) is 0 Å². The van der Waals surface area contributed by atoms with Crippen LogP contribution in [0.25, 0.3) is 0 Å². The Balaban J connectivity index is 2.44. The average Bonchev–Trinajstić information content (AvgIpc) is 2.52. The molecule has 0 unspecified atom stereocenters. The van der Waals surface area contributed by atoms with E-state index in [-0.39, 0.29) is 6.03 Å². The van der Waals surface area contributed by atoms with Gasteiger partial charge in [-0.25, -0.2) is 4.79 Å². The van der Waals surface area contributed by atoms with Crippen molar-refractivity contribution in [2.45, 2.75) is 70.6 Å². The van der Waals surface area contributed by atoms with Gasteiger partial charge in [0.25, 0.3) is 0 Å². The molecule has 1 aliphatic carbocycles. The highest BCUT2D eigenvalue weighted by Gasteiger charge is 2.36. The molecule has 0 aromatic heterocycles. The zero-order valence-electron chi connectivity index (χ0n) is 10.8. The summed E-state index contributed by atoms with van der Waals surface area (Å²) in [7, 11) is 0. The summed E-state index contributed by atoms with van der Waals surface area (Å²) in [6, 6.07) is 0.122. The number of carbonyl (C=O) groups is 1. The minimum atomic E-state index is -0.944. The molecule has 0 bridgehead atoms. The molecule has 0 saturated heterocycles. The Morgan fingerprint density at radius 3 is 2.12 bits per heavy atom. The molecule has 3 N–H and O–H groups in total. The van der Waals surface area contributed by atoms with E-state index in [1.54, 1.807) is 13.8 Å². The van der Waals surface area contributed by atoms with Gasteiger partial charge >= 0.3 is 6.03 Å². The minimum absolute atomic E-state index is 0.181. The molecule has 1 aliphatic rings. The third kappa shape index (κ3) is 3.37. The summed E-state index contributed by atoms with van der Waals surface area (Å²) in [4.78, 5) is 11.7. The Hall–Kier alpha value is -0.770. The normalized spacial score (nSPS) is 18.6. The first kappa shape index (κ1) is 13.3. The molecule has 1 fully saturated rings. The average molecular weight is 228 g/mol. The van der Waals surface area contributed by atoms with Crippen LogP contribution in [-0.4, -0.2) is 28.3 Å². The van der Waals surface area contributed by atoms with Crippen molar-refractivity contribution in [3.63, 3.8) is 0 Å². The van der Waals surface area contributed by atoms with Crippen molar-refractivity contribution < 1.29 is 9.90 Å². The van der Waals surface area contributed by atoms with Crippen LogP contribution in [0.2, 0.25) is 0 Å². The van der Waals surface area contributed by atoms with Crippen LogP contribution in [0.5, 0.6) is 0 Å². The number of urea groups is 1. The fourth-order valence-electron chi connectivity index (χ4n) is 1.73. The molecule has 94 valence electrons. The van der Waals surface area contributed by atoms with Gasteiger partial charge in [0.15, 0.2) is 0 Å². The predicted molar refractivity (Wildman–Crippen MR) is 64.3 cm³/mol. The van der Waals surface area contributed by atoms with E-state index in [0.29, 0.717) is 6.04 Å². The number of rotatable bonds is 3. The van der Waals surface area contributed by atoms with Crippen LogP contribution in [0.15, 0.2) is 0 Å². The molecule has 0 aliphatic heterocycles. The Morgan fingerprint density at radius 1 is 1.19 bits per heavy atom. The first-order valence-corrected chi connectivity index (χ1v) is 6.03. The van der Waals surface area contributed by atoms with Crippen LogP contribution in [-0.2, 0) is 0 Å². The van der Waals surface area contributed by atoms with Crippen molar-refractivity contribution in [2.75, 3.05) is 0 Å². The first-order valence-electron chi connectivity index (χ1n) is 6.03. The number of hydrogen-bond donors (Lipinski definition) is 3. The molecule has 0 heterocycles. The van der Waals surface area contributed by atoms with E-state index in [1.165, 1.54) is 12.8 Å². The fraction of sp³-hybridized carbons (Fsp3) is 0.917. The highest BCUT2D eigenvalue weighted by molar-refractivity contribution is 5.75. The van der Waals surface area contributed by atoms with Gasteiger partial charge in [0, 0.05) is 6.04 Å². The summed E-state index contributed by atoms with van der Waals surface area (Å²) in [5.74, 6) is 0. The summed E-state index contributed by atoms with van der Waals surface area (Å²) < 4.78 is 0. The van der Waals surface area contributed by atoms with Crippen molar-refractivity contribution in [3.05, 3.63) is 0 Å². The first-order chi connectivity index (χ1) is 7.22. The minimum Gasteiger partial charge on any atom is -0.388 e. The fourth-order valence-corrected chi connectivity index (χ4v) is 1.73. The monoisotopic (exact) mass is 228 g/mol. The van der Waals surface area contributed by atoms with E-state index in [4.69, 9.17) is 0 Å². The zero-order valence-corrected chi connectivity index (χ0v) is 10.8. The second-order valence-corrected chi connectivity index (χ2v) is 5.76. The zero-order chi connectivity index (χ0) is 12.4. The van der Waals surface area contributed by atoms with E-state index < -0.39 is 11.1 Å². The lowest BCUT2D eigenvalue weighted by Crippen LogP contribution is -2.60. The predicted octanol–water partition coefficient (Wildman–Crippen LogP) is 1.78. The Morgan fingerprint density at radius 2 is 1.69 bits per heavy atom. The van der Waals surface area contributed by atoms with E-state index in [0.717, 1.165) is 12.8 Å². The Labute approximate surface area is 97.8 Å². The smallest absolute Gasteiger partial charge is 0.315 e. The topological polar surface area (TPSA) is 61.4 Å². The van der Waals surface area contributed by atoms with Crippen molar-refractivity contribution in [3.8, 4) is 0 Å². The summed E-state index contributed by atoms with van der Waals surface area (Å²) in [5.41, 5.74) is -1.59. The van der Waals surface area contributed by atoms with Gasteiger partial charge in [-0.15, -0.1) is 0 Å². The lowest BCUT2D eigenvalue weighted by molar-refractivity contribution is 0.000876. The third-order valence-corrected chi connectivity index (χ3v) is 3.65. The number of hydrogen-bond acceptors (Lipinski definition) is 2. The van der Waals surface area contributed by atoms with Gasteiger partial charge in [-0.3, -0.25) is 0 Å². The molecular weight excluding hydrogens is 204 g/mol. The van der Waals surface area contributed by atoms with Crippen LogP contribution in [0.4, 0.5) is 4.79 Å². The summed E-state index contributed by atoms with van der Waals surface area (Å²) in [6.07, 6.45) is 4.52. The van der Waals surface area contributed by atoms with Gasteiger partial charge in [-0.1, -0.05) is 12.8 Å². The van der Waals surface area contributed by atoms with Crippen molar-refractivity contribution >= 4 is 6.03 Å². The lowest BCUT2D eigenvalue weighted by atomic mass is 9.86. The molecule has 1 saturated carbocycles. The molecule has 0 aromatic carbocycles. The van der Waals surface area contributed by atoms with Gasteiger partial charge in [0.05, 0.1) is 11.1 Å². The van der Waals surface area contributed by atoms with Crippen LogP contribution < -0.4 is 10.6 Å². The summed E-state index contributed by atoms with van der Waals surface area (Å²) in [6.45, 7) is 7.04. The molecular formula is C12H24N2O2. The molecule has 0 aromatic rings. The van der Waals surface area contributed by atoms with E-state index in [9.17, 15) is 9.90 Å². The number of nitrogens with one attached hydrogen (secondary N) is 2. The van der Waals surface area contributed by atoms with E-state index in [1.807, 2.05) is 13.8 Å². The molecule has 1 rings (SSSR count). The second kappa shape index (κ2) is 4.62. The summed E-state index contributed by atoms with van der Waals surface area (Å²) in [5, 5.41) is 15.7. The van der Waals surface area contributed by atoms with Gasteiger partial charge < -0.3 is 15.7 Å². The molecule has 4 heteroatoms. The molecule has 4 nitrogen and oxygen atoms in total. The number of carbonyl (C=O) groups excluding carboxylic acids is 1. The Bertz CT molecular complexity index is 250. The standard InChI is InChI=1S/C12H24N2O2/c1-11(2,12(3,4)16)14-10(15)13-9-7-5-6-8-9/h9,16H,5-8H2,1-4H3,(H2,13,14,15). The maximum absolute atomic E-state index is 11.7. The van der Waals surface area contributed by atoms with Crippen LogP contribution in [0.1, 0.15) is 53.4 Å². The van der Waals surface area contributed by atoms with Crippen molar-refractivity contribution in [1.29, 1.82) is 0 Å². The highest BCUT2D eigenvalue weighted by Crippen LogP contribution is 2.21. The van der Waals surface area contributed by atoms with E-state index in [2.05, 4.69) is 10.6 Å². The molecule has 2 amide bonds. The van der Waals surface area contributed by atoms with Crippen LogP contribution in [0.3, 0.4) is 0 Å². The summed E-state index contributed by atoms with van der Waals surface area (Å²) >= 11 is 0. The molecule has 0 atom stereocenters. The van der Waals surface area contributed by atoms with Gasteiger partial charge in [-0.2, -0.15) is 0 Å². The highest BCUT2D eigenvalue weighted by atomic mass is 16.3. The number of aliphatic hydroxyl groups is 1.